The number of methoxy groups -OCH3 is 1. The third-order valence-corrected chi connectivity index (χ3v) is 6.95. The van der Waals surface area contributed by atoms with Gasteiger partial charge in [-0.1, -0.05) is 69.4 Å². The van der Waals surface area contributed by atoms with E-state index in [2.05, 4.69) is 12.2 Å². The Kier molecular flexibility index (Phi) is 8.49. The number of amides is 1. The normalized spacial score (nSPS) is 16.2. The summed E-state index contributed by atoms with van der Waals surface area (Å²) in [5.41, 5.74) is 4.44. The molecule has 0 saturated heterocycles. The van der Waals surface area contributed by atoms with E-state index in [1.165, 1.54) is 39.2 Å². The molecular weight excluding hydrogens is 398 g/mol. The van der Waals surface area contributed by atoms with Gasteiger partial charge in [0, 0.05) is 5.92 Å². The van der Waals surface area contributed by atoms with Crippen LogP contribution in [0.15, 0.2) is 42.5 Å². The van der Waals surface area contributed by atoms with Crippen LogP contribution in [0, 0.1) is 18.8 Å². The van der Waals surface area contributed by atoms with E-state index in [9.17, 15) is 9.59 Å². The van der Waals surface area contributed by atoms with Crippen molar-refractivity contribution in [3.05, 3.63) is 59.2 Å². The summed E-state index contributed by atoms with van der Waals surface area (Å²) in [7, 11) is 1.40. The third-order valence-electron chi connectivity index (χ3n) is 6.95. The van der Waals surface area contributed by atoms with Crippen molar-refractivity contribution in [3.8, 4) is 11.1 Å². The maximum absolute atomic E-state index is 13.1. The number of esters is 1. The standard InChI is InChI=1S/C28H37NO3/c1-5-22(17-21-12-7-6-8-13-21)27(30)29-20(3)23-15-16-25(28(31)32-4)26(18-23)24-14-10-9-11-19(24)2/h9-11,14-16,18,20-22H,5-8,12-13,17H2,1-4H3,(H,29,30). The van der Waals surface area contributed by atoms with Gasteiger partial charge in [0.25, 0.3) is 0 Å². The minimum Gasteiger partial charge on any atom is -0.465 e. The second-order valence-corrected chi connectivity index (χ2v) is 9.19. The molecule has 0 aliphatic heterocycles. The third kappa shape index (κ3) is 5.79. The van der Waals surface area contributed by atoms with Crippen LogP contribution in [-0.4, -0.2) is 19.0 Å². The van der Waals surface area contributed by atoms with Gasteiger partial charge in [-0.2, -0.15) is 0 Å². The SMILES string of the molecule is CCC(CC1CCCCC1)C(=O)NC(C)c1ccc(C(=O)OC)c(-c2ccccc2C)c1. The van der Waals surface area contributed by atoms with Gasteiger partial charge in [0.15, 0.2) is 0 Å². The highest BCUT2D eigenvalue weighted by Gasteiger charge is 2.25. The van der Waals surface area contributed by atoms with E-state index >= 15 is 0 Å². The molecule has 4 heteroatoms. The molecule has 4 nitrogen and oxygen atoms in total. The van der Waals surface area contributed by atoms with Crippen LogP contribution in [0.25, 0.3) is 11.1 Å². The average Bonchev–Trinajstić information content (AvgIpc) is 2.82. The molecule has 32 heavy (non-hydrogen) atoms. The highest BCUT2D eigenvalue weighted by molar-refractivity contribution is 5.98. The van der Waals surface area contributed by atoms with Gasteiger partial charge in [0.05, 0.1) is 18.7 Å². The Morgan fingerprint density at radius 3 is 2.44 bits per heavy atom. The van der Waals surface area contributed by atoms with Crippen molar-refractivity contribution < 1.29 is 14.3 Å². The van der Waals surface area contributed by atoms with Crippen molar-refractivity contribution in [2.75, 3.05) is 7.11 Å². The van der Waals surface area contributed by atoms with Gasteiger partial charge in [-0.05, 0) is 67.0 Å². The molecule has 0 radical (unpaired) electrons. The Morgan fingerprint density at radius 1 is 1.06 bits per heavy atom. The van der Waals surface area contributed by atoms with Crippen molar-refractivity contribution in [2.24, 2.45) is 11.8 Å². The molecule has 0 aromatic heterocycles. The summed E-state index contributed by atoms with van der Waals surface area (Å²) >= 11 is 0. The Labute approximate surface area is 192 Å². The molecule has 1 fully saturated rings. The van der Waals surface area contributed by atoms with Gasteiger partial charge in [-0.15, -0.1) is 0 Å². The van der Waals surface area contributed by atoms with Gasteiger partial charge in [-0.25, -0.2) is 4.79 Å². The number of rotatable bonds is 8. The summed E-state index contributed by atoms with van der Waals surface area (Å²) in [4.78, 5) is 25.5. The topological polar surface area (TPSA) is 55.4 Å². The summed E-state index contributed by atoms with van der Waals surface area (Å²) in [6.45, 7) is 6.16. The van der Waals surface area contributed by atoms with E-state index in [0.29, 0.717) is 11.5 Å². The molecule has 2 aromatic carbocycles. The highest BCUT2D eigenvalue weighted by atomic mass is 16.5. The molecular formula is C28H37NO3. The molecule has 1 amide bonds. The molecule has 1 aliphatic carbocycles. The second-order valence-electron chi connectivity index (χ2n) is 9.19. The lowest BCUT2D eigenvalue weighted by Gasteiger charge is -2.26. The first-order valence-electron chi connectivity index (χ1n) is 12.0. The first-order chi connectivity index (χ1) is 15.4. The van der Waals surface area contributed by atoms with Crippen molar-refractivity contribution in [1.82, 2.24) is 5.32 Å². The predicted octanol–water partition coefficient (Wildman–Crippen LogP) is 6.62. The van der Waals surface area contributed by atoms with Crippen LogP contribution in [-0.2, 0) is 9.53 Å². The fraction of sp³-hybridized carbons (Fsp3) is 0.500. The summed E-state index contributed by atoms with van der Waals surface area (Å²) < 4.78 is 5.01. The molecule has 0 bridgehead atoms. The number of benzene rings is 2. The lowest BCUT2D eigenvalue weighted by atomic mass is 9.81. The first-order valence-corrected chi connectivity index (χ1v) is 12.0. The van der Waals surface area contributed by atoms with E-state index in [-0.39, 0.29) is 23.8 Å². The van der Waals surface area contributed by atoms with Crippen LogP contribution >= 0.6 is 0 Å². The molecule has 2 atom stereocenters. The van der Waals surface area contributed by atoms with Crippen molar-refractivity contribution in [2.45, 2.75) is 71.8 Å². The highest BCUT2D eigenvalue weighted by Crippen LogP contribution is 2.32. The number of hydrogen-bond acceptors (Lipinski definition) is 3. The molecule has 1 aliphatic rings. The molecule has 2 unspecified atom stereocenters. The molecule has 0 spiro atoms. The second kappa shape index (κ2) is 11.3. The zero-order valence-electron chi connectivity index (χ0n) is 19.9. The zero-order valence-corrected chi connectivity index (χ0v) is 19.9. The smallest absolute Gasteiger partial charge is 0.338 e. The van der Waals surface area contributed by atoms with Crippen LogP contribution < -0.4 is 5.32 Å². The van der Waals surface area contributed by atoms with Crippen LogP contribution in [0.4, 0.5) is 0 Å². The van der Waals surface area contributed by atoms with Crippen LogP contribution in [0.5, 0.6) is 0 Å². The lowest BCUT2D eigenvalue weighted by molar-refractivity contribution is -0.126. The molecule has 1 N–H and O–H groups in total. The minimum absolute atomic E-state index is 0.0609. The monoisotopic (exact) mass is 435 g/mol. The molecule has 1 saturated carbocycles. The quantitative estimate of drug-likeness (QED) is 0.474. The van der Waals surface area contributed by atoms with E-state index in [1.807, 2.05) is 56.3 Å². The Bertz CT molecular complexity index is 930. The molecule has 0 heterocycles. The lowest BCUT2D eigenvalue weighted by Crippen LogP contribution is -2.34. The van der Waals surface area contributed by atoms with E-state index < -0.39 is 0 Å². The number of nitrogens with one attached hydrogen (secondary N) is 1. The molecule has 2 aromatic rings. The van der Waals surface area contributed by atoms with Crippen molar-refractivity contribution in [1.29, 1.82) is 0 Å². The van der Waals surface area contributed by atoms with E-state index in [0.717, 1.165) is 35.1 Å². The van der Waals surface area contributed by atoms with Gasteiger partial charge >= 0.3 is 5.97 Å². The van der Waals surface area contributed by atoms with Gasteiger partial charge in [-0.3, -0.25) is 4.79 Å². The van der Waals surface area contributed by atoms with Gasteiger partial charge < -0.3 is 10.1 Å². The largest absolute Gasteiger partial charge is 0.465 e. The molecule has 3 rings (SSSR count). The first kappa shape index (κ1) is 24.0. The van der Waals surface area contributed by atoms with Gasteiger partial charge in [0.1, 0.15) is 0 Å². The zero-order chi connectivity index (χ0) is 23.1. The van der Waals surface area contributed by atoms with E-state index in [4.69, 9.17) is 4.74 Å². The molecule has 172 valence electrons. The summed E-state index contributed by atoms with van der Waals surface area (Å²) in [5.74, 6) is 0.526. The number of ether oxygens (including phenoxy) is 1. The maximum Gasteiger partial charge on any atom is 0.338 e. The van der Waals surface area contributed by atoms with E-state index in [1.54, 1.807) is 0 Å². The Hall–Kier alpha value is -2.62. The van der Waals surface area contributed by atoms with Gasteiger partial charge in [0.2, 0.25) is 5.91 Å². The minimum atomic E-state index is -0.356. The van der Waals surface area contributed by atoms with Crippen LogP contribution in [0.2, 0.25) is 0 Å². The fourth-order valence-electron chi connectivity index (χ4n) is 4.92. The van der Waals surface area contributed by atoms with Crippen molar-refractivity contribution >= 4 is 11.9 Å². The maximum atomic E-state index is 13.1. The Morgan fingerprint density at radius 2 is 1.78 bits per heavy atom. The number of carbonyl (C=O) groups is 2. The van der Waals surface area contributed by atoms with Crippen LogP contribution in [0.3, 0.4) is 0 Å². The van der Waals surface area contributed by atoms with Crippen molar-refractivity contribution in [3.63, 3.8) is 0 Å². The number of carbonyl (C=O) groups excluding carboxylic acids is 2. The number of hydrogen-bond donors (Lipinski definition) is 1. The summed E-state index contributed by atoms with van der Waals surface area (Å²) in [6.07, 6.45) is 8.31. The number of aryl methyl sites for hydroxylation is 1. The Balaban J connectivity index is 1.80. The fourth-order valence-corrected chi connectivity index (χ4v) is 4.92. The van der Waals surface area contributed by atoms with Crippen LogP contribution in [0.1, 0.15) is 86.3 Å². The summed E-state index contributed by atoms with van der Waals surface area (Å²) in [6, 6.07) is 13.6. The average molecular weight is 436 g/mol. The predicted molar refractivity (Wildman–Crippen MR) is 129 cm³/mol. The summed E-state index contributed by atoms with van der Waals surface area (Å²) in [5, 5.41) is 3.24.